The zero-order chi connectivity index (χ0) is 8.10. The van der Waals surface area contributed by atoms with E-state index in [0.717, 1.165) is 6.42 Å². The molecule has 4 nitrogen and oxygen atoms in total. The Hall–Kier alpha value is -0.160. The summed E-state index contributed by atoms with van der Waals surface area (Å²) >= 11 is 0. The van der Waals surface area contributed by atoms with Crippen LogP contribution in [0.3, 0.4) is 0 Å². The predicted octanol–water partition coefficient (Wildman–Crippen LogP) is -0.683. The van der Waals surface area contributed by atoms with E-state index in [4.69, 9.17) is 20.3 Å². The maximum Gasteiger partial charge on any atom is 0.162 e. The normalized spacial score (nSPS) is 31.1. The largest absolute Gasteiger partial charge is 0.396 e. The summed E-state index contributed by atoms with van der Waals surface area (Å²) in [6, 6.07) is 0. The first-order valence-electron chi connectivity index (χ1n) is 3.92. The predicted molar refractivity (Wildman–Crippen MR) is 39.9 cm³/mol. The zero-order valence-electron chi connectivity index (χ0n) is 6.53. The van der Waals surface area contributed by atoms with Crippen molar-refractivity contribution < 1.29 is 14.6 Å². The van der Waals surface area contributed by atoms with Crippen molar-refractivity contribution in [1.82, 2.24) is 0 Å². The van der Waals surface area contributed by atoms with Crippen molar-refractivity contribution in [2.24, 2.45) is 11.7 Å². The summed E-state index contributed by atoms with van der Waals surface area (Å²) in [6.07, 6.45) is 0.648. The van der Waals surface area contributed by atoms with Crippen LogP contribution in [0, 0.1) is 5.92 Å². The lowest BCUT2D eigenvalue weighted by Gasteiger charge is -2.15. The van der Waals surface area contributed by atoms with E-state index in [9.17, 15) is 0 Å². The van der Waals surface area contributed by atoms with Crippen LogP contribution in [0.5, 0.6) is 0 Å². The molecule has 1 rings (SSSR count). The third kappa shape index (κ3) is 2.41. The highest BCUT2D eigenvalue weighted by Gasteiger charge is 2.27. The van der Waals surface area contributed by atoms with Gasteiger partial charge in [-0.25, -0.2) is 0 Å². The topological polar surface area (TPSA) is 64.7 Å². The lowest BCUT2D eigenvalue weighted by atomic mass is 10.1. The minimum Gasteiger partial charge on any atom is -0.396 e. The molecule has 66 valence electrons. The number of aliphatic hydroxyl groups is 1. The fourth-order valence-corrected chi connectivity index (χ4v) is 1.15. The highest BCUT2D eigenvalue weighted by atomic mass is 16.7. The van der Waals surface area contributed by atoms with Crippen LogP contribution < -0.4 is 5.73 Å². The minimum absolute atomic E-state index is 0.134. The molecular weight excluding hydrogens is 146 g/mol. The van der Waals surface area contributed by atoms with Crippen molar-refractivity contribution in [1.29, 1.82) is 0 Å². The molecule has 0 amide bonds. The van der Waals surface area contributed by atoms with Gasteiger partial charge in [-0.3, -0.25) is 0 Å². The van der Waals surface area contributed by atoms with E-state index in [0.29, 0.717) is 19.8 Å². The molecule has 1 heterocycles. The van der Waals surface area contributed by atoms with Crippen molar-refractivity contribution in [3.05, 3.63) is 0 Å². The second-order valence-corrected chi connectivity index (χ2v) is 2.63. The van der Waals surface area contributed by atoms with Gasteiger partial charge in [-0.1, -0.05) is 0 Å². The third-order valence-electron chi connectivity index (χ3n) is 1.79. The van der Waals surface area contributed by atoms with Crippen LogP contribution in [0.4, 0.5) is 0 Å². The molecule has 0 aromatic rings. The molecule has 0 bridgehead atoms. The molecule has 1 fully saturated rings. The summed E-state index contributed by atoms with van der Waals surface area (Å²) < 4.78 is 10.5. The lowest BCUT2D eigenvalue weighted by Crippen LogP contribution is -2.25. The van der Waals surface area contributed by atoms with Crippen molar-refractivity contribution in [3.63, 3.8) is 0 Å². The Labute approximate surface area is 66.3 Å². The van der Waals surface area contributed by atoms with Crippen LogP contribution in [0.25, 0.3) is 0 Å². The van der Waals surface area contributed by atoms with Crippen LogP contribution in [0.2, 0.25) is 0 Å². The first kappa shape index (κ1) is 8.93. The highest BCUT2D eigenvalue weighted by molar-refractivity contribution is 4.68. The van der Waals surface area contributed by atoms with Gasteiger partial charge in [0.1, 0.15) is 0 Å². The van der Waals surface area contributed by atoms with Crippen molar-refractivity contribution >= 4 is 0 Å². The smallest absolute Gasteiger partial charge is 0.162 e. The Bertz CT molecular complexity index is 110. The number of hydrogen-bond donors (Lipinski definition) is 2. The molecule has 0 saturated carbocycles. The van der Waals surface area contributed by atoms with Crippen LogP contribution in [0.1, 0.15) is 6.42 Å². The van der Waals surface area contributed by atoms with E-state index in [1.807, 2.05) is 0 Å². The summed E-state index contributed by atoms with van der Waals surface area (Å²) in [5.74, 6) is 0.140. The first-order valence-corrected chi connectivity index (χ1v) is 3.92. The van der Waals surface area contributed by atoms with Gasteiger partial charge in [-0.05, 0) is 6.42 Å². The van der Waals surface area contributed by atoms with Crippen LogP contribution >= 0.6 is 0 Å². The first-order chi connectivity index (χ1) is 5.38. The van der Waals surface area contributed by atoms with E-state index in [1.54, 1.807) is 0 Å². The molecular formula is C7H15NO3. The quantitative estimate of drug-likeness (QED) is 0.573. The number of ether oxygens (including phenoxy) is 2. The van der Waals surface area contributed by atoms with Gasteiger partial charge in [-0.2, -0.15) is 0 Å². The van der Waals surface area contributed by atoms with Crippen molar-refractivity contribution in [2.45, 2.75) is 12.7 Å². The van der Waals surface area contributed by atoms with Gasteiger partial charge in [0.15, 0.2) is 6.29 Å². The maximum atomic E-state index is 8.84. The molecule has 4 heteroatoms. The molecule has 0 radical (unpaired) electrons. The van der Waals surface area contributed by atoms with E-state index < -0.39 is 0 Å². The molecule has 2 atom stereocenters. The van der Waals surface area contributed by atoms with Gasteiger partial charge in [0.25, 0.3) is 0 Å². The van der Waals surface area contributed by atoms with E-state index in [2.05, 4.69) is 0 Å². The Kier molecular flexibility index (Phi) is 3.79. The standard InChI is InChI=1S/C7H15NO3/c8-2-4-11-7-6(5-9)1-3-10-7/h6-7,9H,1-5,8H2. The Morgan fingerprint density at radius 3 is 3.09 bits per heavy atom. The molecule has 1 aliphatic rings. The van der Waals surface area contributed by atoms with Gasteiger partial charge in [0.05, 0.1) is 19.8 Å². The molecule has 1 saturated heterocycles. The monoisotopic (exact) mass is 161 g/mol. The fraction of sp³-hybridized carbons (Fsp3) is 1.00. The summed E-state index contributed by atoms with van der Waals surface area (Å²) in [6.45, 7) is 1.81. The van der Waals surface area contributed by atoms with Gasteiger partial charge < -0.3 is 20.3 Å². The van der Waals surface area contributed by atoms with Crippen LogP contribution in [-0.4, -0.2) is 37.8 Å². The average molecular weight is 161 g/mol. The van der Waals surface area contributed by atoms with Gasteiger partial charge in [0, 0.05) is 12.5 Å². The minimum atomic E-state index is -0.233. The Morgan fingerprint density at radius 2 is 2.45 bits per heavy atom. The number of rotatable bonds is 4. The van der Waals surface area contributed by atoms with E-state index in [-0.39, 0.29) is 18.8 Å². The zero-order valence-corrected chi connectivity index (χ0v) is 6.53. The second kappa shape index (κ2) is 4.66. The fourth-order valence-electron chi connectivity index (χ4n) is 1.15. The van der Waals surface area contributed by atoms with Crippen LogP contribution in [-0.2, 0) is 9.47 Å². The molecule has 2 unspecified atom stereocenters. The number of nitrogens with two attached hydrogens (primary N) is 1. The average Bonchev–Trinajstić information content (AvgIpc) is 2.47. The van der Waals surface area contributed by atoms with Crippen molar-refractivity contribution in [3.8, 4) is 0 Å². The molecule has 3 N–H and O–H groups in total. The third-order valence-corrected chi connectivity index (χ3v) is 1.79. The van der Waals surface area contributed by atoms with Gasteiger partial charge in [0.2, 0.25) is 0 Å². The molecule has 0 aromatic carbocycles. The summed E-state index contributed by atoms with van der Waals surface area (Å²) in [5, 5.41) is 8.84. The van der Waals surface area contributed by atoms with Gasteiger partial charge >= 0.3 is 0 Å². The van der Waals surface area contributed by atoms with E-state index in [1.165, 1.54) is 0 Å². The second-order valence-electron chi connectivity index (χ2n) is 2.63. The Morgan fingerprint density at radius 1 is 1.64 bits per heavy atom. The number of aliphatic hydroxyl groups excluding tert-OH is 1. The van der Waals surface area contributed by atoms with Crippen molar-refractivity contribution in [2.75, 3.05) is 26.4 Å². The number of hydrogen-bond acceptors (Lipinski definition) is 4. The summed E-state index contributed by atoms with van der Waals surface area (Å²) in [5.41, 5.74) is 5.25. The highest BCUT2D eigenvalue weighted by Crippen LogP contribution is 2.20. The van der Waals surface area contributed by atoms with Gasteiger partial charge in [-0.15, -0.1) is 0 Å². The molecule has 11 heavy (non-hydrogen) atoms. The summed E-state index contributed by atoms with van der Waals surface area (Å²) in [7, 11) is 0. The molecule has 0 spiro atoms. The summed E-state index contributed by atoms with van der Waals surface area (Å²) in [4.78, 5) is 0. The lowest BCUT2D eigenvalue weighted by molar-refractivity contribution is -0.134. The Balaban J connectivity index is 2.20. The maximum absolute atomic E-state index is 8.84. The molecule has 1 aliphatic heterocycles. The van der Waals surface area contributed by atoms with E-state index >= 15 is 0 Å². The SMILES string of the molecule is NCCOC1OCCC1CO. The molecule has 0 aromatic heterocycles. The van der Waals surface area contributed by atoms with Crippen LogP contribution in [0.15, 0.2) is 0 Å². The molecule has 0 aliphatic carbocycles.